The lowest BCUT2D eigenvalue weighted by atomic mass is 10.2. The molecule has 1 amide bonds. The third-order valence-electron chi connectivity index (χ3n) is 2.98. The Morgan fingerprint density at radius 1 is 1.38 bits per heavy atom. The van der Waals surface area contributed by atoms with Crippen LogP contribution in [0.1, 0.15) is 16.7 Å². The minimum absolute atomic E-state index is 0.00588. The van der Waals surface area contributed by atoms with Crippen molar-refractivity contribution in [3.8, 4) is 0 Å². The third-order valence-corrected chi connectivity index (χ3v) is 4.00. The van der Waals surface area contributed by atoms with E-state index in [1.54, 1.807) is 12.1 Å². The summed E-state index contributed by atoms with van der Waals surface area (Å²) < 4.78 is 4.95. The smallest absolute Gasteiger partial charge is 0.407 e. The Bertz CT molecular complexity index is 693. The van der Waals surface area contributed by atoms with Crippen molar-refractivity contribution in [2.45, 2.75) is 18.8 Å². The Labute approximate surface area is 140 Å². The molecular formula is C14H15N3O6S. The molecule has 0 saturated heterocycles. The van der Waals surface area contributed by atoms with Gasteiger partial charge in [-0.15, -0.1) is 0 Å². The highest BCUT2D eigenvalue weighted by Crippen LogP contribution is 2.27. The van der Waals surface area contributed by atoms with Gasteiger partial charge in [0.2, 0.25) is 0 Å². The summed E-state index contributed by atoms with van der Waals surface area (Å²) in [5.74, 6) is 0. The molecule has 3 N–H and O–H groups in total. The van der Waals surface area contributed by atoms with Gasteiger partial charge in [0.25, 0.3) is 0 Å². The zero-order valence-corrected chi connectivity index (χ0v) is 13.2. The molecular weight excluding hydrogens is 338 g/mol. The van der Waals surface area contributed by atoms with Gasteiger partial charge in [-0.25, -0.2) is 9.78 Å². The fourth-order valence-electron chi connectivity index (χ4n) is 1.74. The van der Waals surface area contributed by atoms with Gasteiger partial charge in [-0.2, -0.15) is 0 Å². The van der Waals surface area contributed by atoms with Gasteiger partial charge < -0.3 is 20.3 Å². The molecule has 0 bridgehead atoms. The summed E-state index contributed by atoms with van der Waals surface area (Å²) in [5, 5.41) is 32.3. The summed E-state index contributed by atoms with van der Waals surface area (Å²) >= 11 is 0.655. The van der Waals surface area contributed by atoms with Crippen molar-refractivity contribution in [1.29, 1.82) is 0 Å². The number of ether oxygens (including phenoxy) is 1. The highest BCUT2D eigenvalue weighted by Gasteiger charge is 2.24. The van der Waals surface area contributed by atoms with E-state index in [1.165, 1.54) is 0 Å². The van der Waals surface area contributed by atoms with Crippen LogP contribution in [0.2, 0.25) is 0 Å². The molecule has 10 heteroatoms. The lowest BCUT2D eigenvalue weighted by Gasteiger charge is -2.16. The second-order valence-corrected chi connectivity index (χ2v) is 5.79. The molecule has 0 fully saturated rings. The Morgan fingerprint density at radius 2 is 2.08 bits per heavy atom. The molecule has 24 heavy (non-hydrogen) atoms. The number of hydrogen-bond donors (Lipinski definition) is 3. The van der Waals surface area contributed by atoms with Gasteiger partial charge in [-0.05, 0) is 16.9 Å². The van der Waals surface area contributed by atoms with Crippen LogP contribution < -0.4 is 5.32 Å². The van der Waals surface area contributed by atoms with Crippen LogP contribution in [0.25, 0.3) is 0 Å². The molecule has 2 aromatic rings. The Kier molecular flexibility index (Phi) is 6.18. The molecule has 1 aromatic carbocycles. The summed E-state index contributed by atoms with van der Waals surface area (Å²) in [5.41, 5.74) is 0.809. The predicted octanol–water partition coefficient (Wildman–Crippen LogP) is 1.37. The minimum atomic E-state index is -1.45. The van der Waals surface area contributed by atoms with Gasteiger partial charge >= 0.3 is 11.1 Å². The molecule has 0 aliphatic carbocycles. The number of nitrogens with zero attached hydrogens (tertiary/aromatic N) is 2. The second-order valence-electron chi connectivity index (χ2n) is 4.75. The normalized spacial score (nSPS) is 13.1. The first-order valence-corrected chi connectivity index (χ1v) is 7.70. The number of alkyl carbamates (subject to hydrolysis) is 1. The van der Waals surface area contributed by atoms with Crippen molar-refractivity contribution in [3.05, 3.63) is 57.2 Å². The topological polar surface area (TPSA) is 135 Å². The molecule has 0 aliphatic heterocycles. The van der Waals surface area contributed by atoms with Gasteiger partial charge in [0.05, 0.1) is 4.92 Å². The largest absolute Gasteiger partial charge is 0.445 e. The number of carbonyl (C=O) groups is 1. The highest BCUT2D eigenvalue weighted by molar-refractivity contribution is 7.14. The van der Waals surface area contributed by atoms with Gasteiger partial charge in [0.1, 0.15) is 30.0 Å². The average Bonchev–Trinajstić information content (AvgIpc) is 3.08. The number of aromatic nitrogens is 1. The molecule has 1 heterocycles. The molecule has 0 radical (unpaired) electrons. The zero-order chi connectivity index (χ0) is 17.5. The summed E-state index contributed by atoms with van der Waals surface area (Å²) in [4.78, 5) is 25.2. The summed E-state index contributed by atoms with van der Waals surface area (Å²) in [7, 11) is 0. The van der Waals surface area contributed by atoms with E-state index in [4.69, 9.17) is 4.74 Å². The van der Waals surface area contributed by atoms with Crippen LogP contribution in [0.5, 0.6) is 0 Å². The van der Waals surface area contributed by atoms with Crippen molar-refractivity contribution in [3.63, 3.8) is 0 Å². The molecule has 0 saturated carbocycles. The van der Waals surface area contributed by atoms with Gasteiger partial charge in [-0.1, -0.05) is 30.3 Å². The predicted molar refractivity (Wildman–Crippen MR) is 84.4 cm³/mol. The summed E-state index contributed by atoms with van der Waals surface area (Å²) in [6, 6.07) is 9.04. The maximum absolute atomic E-state index is 11.5. The first kappa shape index (κ1) is 17.8. The minimum Gasteiger partial charge on any atom is -0.445 e. The van der Waals surface area contributed by atoms with Gasteiger partial charge in [0.15, 0.2) is 0 Å². The molecule has 2 atom stereocenters. The molecule has 128 valence electrons. The van der Waals surface area contributed by atoms with E-state index in [1.807, 2.05) is 18.2 Å². The standard InChI is InChI=1S/C14H15N3O6S/c18-10(12(19)13-15-7-11(24-13)17(21)22)6-16-14(20)23-8-9-4-2-1-3-5-9/h1-5,7,10,12,18-19H,6,8H2,(H,16,20). The first-order chi connectivity index (χ1) is 11.5. The van der Waals surface area contributed by atoms with Crippen molar-refractivity contribution in [2.75, 3.05) is 6.54 Å². The van der Waals surface area contributed by atoms with Crippen LogP contribution in [-0.4, -0.2) is 38.9 Å². The number of rotatable bonds is 7. The van der Waals surface area contributed by atoms with Crippen molar-refractivity contribution in [2.24, 2.45) is 0 Å². The molecule has 0 aliphatic rings. The van der Waals surface area contributed by atoms with Crippen molar-refractivity contribution < 1.29 is 24.7 Å². The number of benzene rings is 1. The Hall–Kier alpha value is -2.56. The van der Waals surface area contributed by atoms with Crippen LogP contribution in [0.15, 0.2) is 36.5 Å². The third kappa shape index (κ3) is 4.98. The van der Waals surface area contributed by atoms with Crippen molar-refractivity contribution in [1.82, 2.24) is 10.3 Å². The van der Waals surface area contributed by atoms with Crippen LogP contribution in [0.4, 0.5) is 9.80 Å². The lowest BCUT2D eigenvalue weighted by molar-refractivity contribution is -0.380. The fourth-order valence-corrected chi connectivity index (χ4v) is 2.52. The number of nitrogens with one attached hydrogen (secondary N) is 1. The summed E-state index contributed by atoms with van der Waals surface area (Å²) in [6.07, 6.45) is -2.58. The molecule has 9 nitrogen and oxygen atoms in total. The zero-order valence-electron chi connectivity index (χ0n) is 12.4. The average molecular weight is 353 g/mol. The van der Waals surface area contributed by atoms with E-state index in [9.17, 15) is 25.1 Å². The molecule has 2 rings (SSSR count). The lowest BCUT2D eigenvalue weighted by Crippen LogP contribution is -2.35. The van der Waals surface area contributed by atoms with Crippen LogP contribution in [0, 0.1) is 10.1 Å². The van der Waals surface area contributed by atoms with Gasteiger partial charge in [0, 0.05) is 6.54 Å². The first-order valence-electron chi connectivity index (χ1n) is 6.88. The molecule has 1 aromatic heterocycles. The number of aliphatic hydroxyl groups is 2. The second kappa shape index (κ2) is 8.34. The number of thiazole rings is 1. The number of nitro groups is 1. The van der Waals surface area contributed by atoms with E-state index in [2.05, 4.69) is 10.3 Å². The van der Waals surface area contributed by atoms with Crippen molar-refractivity contribution >= 4 is 22.4 Å². The Balaban J connectivity index is 1.77. The van der Waals surface area contributed by atoms with Crippen LogP contribution in [-0.2, 0) is 11.3 Å². The van der Waals surface area contributed by atoms with E-state index in [0.717, 1.165) is 11.8 Å². The quantitative estimate of drug-likeness (QED) is 0.505. The monoisotopic (exact) mass is 353 g/mol. The summed E-state index contributed by atoms with van der Waals surface area (Å²) in [6.45, 7) is -0.216. The van der Waals surface area contributed by atoms with E-state index in [0.29, 0.717) is 11.3 Å². The van der Waals surface area contributed by atoms with E-state index < -0.39 is 23.2 Å². The molecule has 0 spiro atoms. The van der Waals surface area contributed by atoms with Crippen LogP contribution >= 0.6 is 11.3 Å². The number of carbonyl (C=O) groups excluding carboxylic acids is 1. The molecule has 2 unspecified atom stereocenters. The highest BCUT2D eigenvalue weighted by atomic mass is 32.1. The van der Waals surface area contributed by atoms with E-state index >= 15 is 0 Å². The van der Waals surface area contributed by atoms with Gasteiger partial charge in [-0.3, -0.25) is 10.1 Å². The number of amides is 1. The maximum Gasteiger partial charge on any atom is 0.407 e. The maximum atomic E-state index is 11.5. The Morgan fingerprint density at radius 3 is 2.71 bits per heavy atom. The number of aliphatic hydroxyl groups excluding tert-OH is 2. The number of hydrogen-bond acceptors (Lipinski definition) is 8. The SMILES string of the molecule is O=C(NCC(O)C(O)c1ncc([N+](=O)[O-])s1)OCc1ccccc1. The fraction of sp³-hybridized carbons (Fsp3) is 0.286. The van der Waals surface area contributed by atoms with E-state index in [-0.39, 0.29) is 23.2 Å². The van der Waals surface area contributed by atoms with Crippen LogP contribution in [0.3, 0.4) is 0 Å².